The highest BCUT2D eigenvalue weighted by Gasteiger charge is 2.37. The standard InChI is InChI=1S/C20H25FN4OS/c1-4-16-22-20-25(23-16)19(26)18(27-20)17(14-6-5-7-15(21)9-14)24-10-12(2)8-13(3)11-24/h5-7,9,12-13,17,26H,4,8,10-11H2,1-3H3/p+1/t12-,13-,17-/m0/s1. The number of thiazole rings is 1. The molecule has 0 amide bonds. The molecule has 144 valence electrons. The van der Waals surface area contributed by atoms with Crippen molar-refractivity contribution < 1.29 is 14.4 Å². The minimum atomic E-state index is -0.248. The summed E-state index contributed by atoms with van der Waals surface area (Å²) in [6.07, 6.45) is 1.93. The monoisotopic (exact) mass is 389 g/mol. The number of aromatic nitrogens is 3. The van der Waals surface area contributed by atoms with E-state index in [4.69, 9.17) is 0 Å². The fourth-order valence-corrected chi connectivity index (χ4v) is 5.61. The van der Waals surface area contributed by atoms with E-state index in [1.165, 1.54) is 33.2 Å². The van der Waals surface area contributed by atoms with E-state index >= 15 is 0 Å². The molecule has 0 bridgehead atoms. The number of quaternary nitrogens is 1. The Balaban J connectivity index is 1.82. The van der Waals surface area contributed by atoms with Gasteiger partial charge >= 0.3 is 0 Å². The Hall–Kier alpha value is -1.99. The molecule has 3 aromatic rings. The molecule has 1 aliphatic heterocycles. The minimum absolute atomic E-state index is 0.121. The van der Waals surface area contributed by atoms with Gasteiger partial charge in [-0.1, -0.05) is 44.2 Å². The van der Waals surface area contributed by atoms with E-state index < -0.39 is 0 Å². The summed E-state index contributed by atoms with van der Waals surface area (Å²) >= 11 is 1.46. The fourth-order valence-electron chi connectivity index (χ4n) is 4.45. The second-order valence-corrected chi connectivity index (χ2v) is 8.88. The van der Waals surface area contributed by atoms with Gasteiger partial charge in [0.2, 0.25) is 10.8 Å². The van der Waals surface area contributed by atoms with Crippen molar-refractivity contribution in [1.82, 2.24) is 14.6 Å². The van der Waals surface area contributed by atoms with Crippen LogP contribution in [0.1, 0.15) is 49.5 Å². The predicted octanol–water partition coefficient (Wildman–Crippen LogP) is 2.85. The van der Waals surface area contributed by atoms with Crippen molar-refractivity contribution in [1.29, 1.82) is 0 Å². The lowest BCUT2D eigenvalue weighted by atomic mass is 9.89. The van der Waals surface area contributed by atoms with E-state index in [1.54, 1.807) is 12.1 Å². The fraction of sp³-hybridized carbons (Fsp3) is 0.500. The quantitative estimate of drug-likeness (QED) is 0.721. The van der Waals surface area contributed by atoms with Crippen LogP contribution in [0.15, 0.2) is 24.3 Å². The number of benzene rings is 1. The first kappa shape index (κ1) is 18.4. The number of aromatic hydroxyl groups is 1. The summed E-state index contributed by atoms with van der Waals surface area (Å²) in [5.41, 5.74) is 0.891. The van der Waals surface area contributed by atoms with Gasteiger partial charge in [-0.3, -0.25) is 0 Å². The van der Waals surface area contributed by atoms with Crippen LogP contribution in [0, 0.1) is 17.7 Å². The number of fused-ring (bicyclic) bond motifs is 1. The van der Waals surface area contributed by atoms with Gasteiger partial charge in [-0.2, -0.15) is 4.52 Å². The Bertz CT molecular complexity index is 943. The summed E-state index contributed by atoms with van der Waals surface area (Å²) in [5.74, 6) is 1.79. The first-order valence-electron chi connectivity index (χ1n) is 9.63. The van der Waals surface area contributed by atoms with Gasteiger partial charge in [0.25, 0.3) is 0 Å². The number of nitrogens with zero attached hydrogens (tertiary/aromatic N) is 3. The minimum Gasteiger partial charge on any atom is -0.492 e. The topological polar surface area (TPSA) is 54.9 Å². The second kappa shape index (κ2) is 7.20. The number of halogens is 1. The zero-order valence-corrected chi connectivity index (χ0v) is 16.8. The zero-order valence-electron chi connectivity index (χ0n) is 15.9. The van der Waals surface area contributed by atoms with E-state index in [2.05, 4.69) is 23.9 Å². The lowest BCUT2D eigenvalue weighted by Crippen LogP contribution is -3.14. The van der Waals surface area contributed by atoms with Crippen LogP contribution in [0.5, 0.6) is 5.88 Å². The SMILES string of the molecule is CCc1nc2sc([C@H](c3cccc(F)c3)[NH+]3C[C@@H](C)C[C@H](C)C3)c(O)n2n1. The van der Waals surface area contributed by atoms with Gasteiger partial charge in [-0.25, -0.2) is 9.37 Å². The molecule has 0 unspecified atom stereocenters. The van der Waals surface area contributed by atoms with Crippen molar-refractivity contribution in [2.45, 2.75) is 39.7 Å². The Labute approximate surface area is 162 Å². The van der Waals surface area contributed by atoms with Gasteiger partial charge in [0.05, 0.1) is 13.1 Å². The van der Waals surface area contributed by atoms with Crippen LogP contribution in [0.3, 0.4) is 0 Å². The van der Waals surface area contributed by atoms with Crippen molar-refractivity contribution in [3.8, 4) is 5.88 Å². The van der Waals surface area contributed by atoms with Crippen molar-refractivity contribution in [3.05, 3.63) is 46.3 Å². The van der Waals surface area contributed by atoms with Crippen LogP contribution in [0.2, 0.25) is 0 Å². The summed E-state index contributed by atoms with van der Waals surface area (Å²) in [6, 6.07) is 6.64. The summed E-state index contributed by atoms with van der Waals surface area (Å²) in [4.78, 5) is 7.38. The Kier molecular flexibility index (Phi) is 4.90. The van der Waals surface area contributed by atoms with E-state index in [9.17, 15) is 9.50 Å². The predicted molar refractivity (Wildman–Crippen MR) is 104 cm³/mol. The van der Waals surface area contributed by atoms with Gasteiger partial charge < -0.3 is 10.0 Å². The third-order valence-corrected chi connectivity index (χ3v) is 6.52. The van der Waals surface area contributed by atoms with Gasteiger partial charge in [0, 0.05) is 23.8 Å². The maximum atomic E-state index is 14.0. The van der Waals surface area contributed by atoms with Crippen molar-refractivity contribution in [2.75, 3.05) is 13.1 Å². The molecule has 0 saturated carbocycles. The van der Waals surface area contributed by atoms with Crippen LogP contribution < -0.4 is 4.90 Å². The maximum Gasteiger partial charge on any atom is 0.235 e. The maximum absolute atomic E-state index is 14.0. The molecular weight excluding hydrogens is 363 g/mol. The molecule has 0 radical (unpaired) electrons. The van der Waals surface area contributed by atoms with E-state index in [1.807, 2.05) is 13.0 Å². The average molecular weight is 390 g/mol. The van der Waals surface area contributed by atoms with Crippen LogP contribution >= 0.6 is 11.3 Å². The highest BCUT2D eigenvalue weighted by molar-refractivity contribution is 7.17. The van der Waals surface area contributed by atoms with Crippen LogP contribution in [-0.4, -0.2) is 32.8 Å². The molecule has 1 fully saturated rings. The van der Waals surface area contributed by atoms with Crippen LogP contribution in [0.4, 0.5) is 4.39 Å². The molecule has 1 aromatic carbocycles. The highest BCUT2D eigenvalue weighted by Crippen LogP contribution is 2.35. The summed E-state index contributed by atoms with van der Waals surface area (Å²) in [5, 5.41) is 15.3. The van der Waals surface area contributed by atoms with E-state index in [0.29, 0.717) is 16.8 Å². The highest BCUT2D eigenvalue weighted by atomic mass is 32.1. The molecule has 4 rings (SSSR count). The molecular formula is C20H26FN4OS+. The number of nitrogens with one attached hydrogen (secondary N) is 1. The molecule has 0 aliphatic carbocycles. The number of rotatable bonds is 4. The number of hydrogen-bond acceptors (Lipinski definition) is 4. The first-order valence-corrected chi connectivity index (χ1v) is 10.4. The van der Waals surface area contributed by atoms with Gasteiger partial charge in [0.1, 0.15) is 10.7 Å². The van der Waals surface area contributed by atoms with Gasteiger partial charge in [-0.05, 0) is 18.6 Å². The smallest absolute Gasteiger partial charge is 0.235 e. The molecule has 7 heteroatoms. The molecule has 1 saturated heterocycles. The molecule has 5 nitrogen and oxygen atoms in total. The van der Waals surface area contributed by atoms with Crippen molar-refractivity contribution in [2.24, 2.45) is 11.8 Å². The van der Waals surface area contributed by atoms with E-state index in [-0.39, 0.29) is 17.7 Å². The first-order chi connectivity index (χ1) is 13.0. The lowest BCUT2D eigenvalue weighted by molar-refractivity contribution is -0.936. The third-order valence-electron chi connectivity index (χ3n) is 5.44. The van der Waals surface area contributed by atoms with Crippen molar-refractivity contribution in [3.63, 3.8) is 0 Å². The molecule has 3 heterocycles. The van der Waals surface area contributed by atoms with Gasteiger partial charge in [0.15, 0.2) is 11.9 Å². The summed E-state index contributed by atoms with van der Waals surface area (Å²) < 4.78 is 15.5. The van der Waals surface area contributed by atoms with Crippen LogP contribution in [-0.2, 0) is 6.42 Å². The molecule has 2 N–H and O–H groups in total. The second-order valence-electron chi connectivity index (χ2n) is 7.87. The number of piperidine rings is 1. The van der Waals surface area contributed by atoms with Crippen LogP contribution in [0.25, 0.3) is 4.96 Å². The lowest BCUT2D eigenvalue weighted by Gasteiger charge is -2.37. The number of likely N-dealkylation sites (tertiary alicyclic amines) is 1. The molecule has 3 atom stereocenters. The normalized spacial score (nSPS) is 24.4. The third kappa shape index (κ3) is 3.46. The van der Waals surface area contributed by atoms with Crippen molar-refractivity contribution >= 4 is 16.3 Å². The molecule has 27 heavy (non-hydrogen) atoms. The van der Waals surface area contributed by atoms with Gasteiger partial charge in [-0.15, -0.1) is 5.10 Å². The number of aryl methyl sites for hydroxylation is 1. The molecule has 1 aliphatic rings. The summed E-state index contributed by atoms with van der Waals surface area (Å²) in [6.45, 7) is 8.54. The van der Waals surface area contributed by atoms with E-state index in [0.717, 1.165) is 35.8 Å². The number of hydrogen-bond donors (Lipinski definition) is 2. The zero-order chi connectivity index (χ0) is 19.1. The molecule has 0 spiro atoms. The molecule has 2 aromatic heterocycles. The Morgan fingerprint density at radius 1 is 1.33 bits per heavy atom. The summed E-state index contributed by atoms with van der Waals surface area (Å²) in [7, 11) is 0. The Morgan fingerprint density at radius 2 is 2.07 bits per heavy atom. The average Bonchev–Trinajstić information content (AvgIpc) is 3.14. The largest absolute Gasteiger partial charge is 0.492 e. The Morgan fingerprint density at radius 3 is 2.70 bits per heavy atom.